The van der Waals surface area contributed by atoms with E-state index in [-0.39, 0.29) is 5.78 Å². The highest BCUT2D eigenvalue weighted by atomic mass is 16.4. The molecule has 1 aliphatic rings. The van der Waals surface area contributed by atoms with E-state index in [4.69, 9.17) is 5.11 Å². The molecule has 0 bridgehead atoms. The van der Waals surface area contributed by atoms with Gasteiger partial charge in [0, 0.05) is 6.42 Å². The zero-order chi connectivity index (χ0) is 9.14. The van der Waals surface area contributed by atoms with Gasteiger partial charge in [-0.05, 0) is 18.8 Å². The molecule has 1 rings (SSSR count). The predicted molar refractivity (Wildman–Crippen MR) is 43.8 cm³/mol. The van der Waals surface area contributed by atoms with E-state index in [9.17, 15) is 9.59 Å². The Balaban J connectivity index is 2.54. The van der Waals surface area contributed by atoms with Crippen LogP contribution in [0.2, 0.25) is 0 Å². The van der Waals surface area contributed by atoms with Crippen molar-refractivity contribution in [2.45, 2.75) is 32.6 Å². The molecule has 68 valence electrons. The minimum Gasteiger partial charge on any atom is -0.481 e. The lowest BCUT2D eigenvalue weighted by Gasteiger charge is -2.23. The van der Waals surface area contributed by atoms with Gasteiger partial charge in [0.25, 0.3) is 0 Å². The van der Waals surface area contributed by atoms with E-state index in [2.05, 4.69) is 0 Å². The first-order valence-electron chi connectivity index (χ1n) is 4.40. The quantitative estimate of drug-likeness (QED) is 0.638. The van der Waals surface area contributed by atoms with Gasteiger partial charge in [-0.15, -0.1) is 0 Å². The van der Waals surface area contributed by atoms with Crippen molar-refractivity contribution in [2.75, 3.05) is 0 Å². The molecular weight excluding hydrogens is 156 g/mol. The number of Topliss-reactive ketones (excluding diaryl/α,β-unsaturated/α-hetero) is 1. The number of hydrogen-bond acceptors (Lipinski definition) is 2. The second kappa shape index (κ2) is 3.70. The summed E-state index contributed by atoms with van der Waals surface area (Å²) in [5.74, 6) is -1.32. The lowest BCUT2D eigenvalue weighted by molar-refractivity contribution is -0.148. The summed E-state index contributed by atoms with van der Waals surface area (Å²) in [4.78, 5) is 21.8. The Hall–Kier alpha value is -0.860. The van der Waals surface area contributed by atoms with E-state index in [0.717, 1.165) is 12.8 Å². The molecule has 0 saturated heterocycles. The maximum atomic E-state index is 11.2. The third-order valence-corrected chi connectivity index (χ3v) is 2.62. The van der Waals surface area contributed by atoms with E-state index in [1.54, 1.807) is 0 Å². The number of carboxylic acids is 1. The smallest absolute Gasteiger partial charge is 0.314 e. The van der Waals surface area contributed by atoms with Crippen LogP contribution in [0.1, 0.15) is 32.6 Å². The Morgan fingerprint density at radius 3 is 2.67 bits per heavy atom. The van der Waals surface area contributed by atoms with Crippen LogP contribution in [0.3, 0.4) is 0 Å². The van der Waals surface area contributed by atoms with Crippen LogP contribution in [-0.4, -0.2) is 16.9 Å². The number of rotatable bonds is 2. The maximum Gasteiger partial charge on any atom is 0.314 e. The summed E-state index contributed by atoms with van der Waals surface area (Å²) in [5.41, 5.74) is 0. The van der Waals surface area contributed by atoms with Gasteiger partial charge in [-0.1, -0.05) is 13.3 Å². The van der Waals surface area contributed by atoms with Crippen molar-refractivity contribution in [3.05, 3.63) is 0 Å². The molecule has 0 aromatic rings. The van der Waals surface area contributed by atoms with Crippen LogP contribution in [0, 0.1) is 11.8 Å². The van der Waals surface area contributed by atoms with Crippen LogP contribution in [0.15, 0.2) is 0 Å². The number of carboxylic acid groups (broad SMARTS) is 1. The van der Waals surface area contributed by atoms with Gasteiger partial charge < -0.3 is 5.11 Å². The molecule has 0 radical (unpaired) electrons. The lowest BCUT2D eigenvalue weighted by atomic mass is 9.80. The second-order valence-corrected chi connectivity index (χ2v) is 3.41. The van der Waals surface area contributed by atoms with Crippen LogP contribution in [-0.2, 0) is 9.59 Å². The molecule has 0 aliphatic heterocycles. The number of hydrogen-bond donors (Lipinski definition) is 1. The fraction of sp³-hybridized carbons (Fsp3) is 0.778. The molecule has 2 atom stereocenters. The summed E-state index contributed by atoms with van der Waals surface area (Å²) in [6.07, 6.45) is 2.87. The van der Waals surface area contributed by atoms with Gasteiger partial charge >= 0.3 is 5.97 Å². The monoisotopic (exact) mass is 170 g/mol. The Bertz CT molecular complexity index is 198. The molecular formula is C9H14O3. The Morgan fingerprint density at radius 1 is 1.58 bits per heavy atom. The van der Waals surface area contributed by atoms with Crippen LogP contribution in [0.4, 0.5) is 0 Å². The third kappa shape index (κ3) is 1.84. The molecule has 0 aromatic heterocycles. The van der Waals surface area contributed by atoms with E-state index >= 15 is 0 Å². The summed E-state index contributed by atoms with van der Waals surface area (Å²) >= 11 is 0. The van der Waals surface area contributed by atoms with Crippen LogP contribution in [0.25, 0.3) is 0 Å². The van der Waals surface area contributed by atoms with Gasteiger partial charge in [0.15, 0.2) is 0 Å². The van der Waals surface area contributed by atoms with Gasteiger partial charge in [0.2, 0.25) is 0 Å². The Morgan fingerprint density at radius 2 is 2.25 bits per heavy atom. The number of ketones is 1. The van der Waals surface area contributed by atoms with Gasteiger partial charge in [-0.25, -0.2) is 0 Å². The van der Waals surface area contributed by atoms with E-state index < -0.39 is 11.9 Å². The summed E-state index contributed by atoms with van der Waals surface area (Å²) < 4.78 is 0. The standard InChI is InChI=1S/C9H14O3/c1-2-6-3-4-7(9(11)12)8(10)5-6/h6-7H,2-5H2,1H3,(H,11,12). The molecule has 1 N–H and O–H groups in total. The van der Waals surface area contributed by atoms with Crippen molar-refractivity contribution >= 4 is 11.8 Å². The van der Waals surface area contributed by atoms with Crippen molar-refractivity contribution in [3.63, 3.8) is 0 Å². The molecule has 0 spiro atoms. The fourth-order valence-corrected chi connectivity index (χ4v) is 1.70. The maximum absolute atomic E-state index is 11.2. The topological polar surface area (TPSA) is 54.4 Å². The average molecular weight is 170 g/mol. The molecule has 1 saturated carbocycles. The van der Waals surface area contributed by atoms with Crippen LogP contribution >= 0.6 is 0 Å². The van der Waals surface area contributed by atoms with Gasteiger partial charge in [-0.2, -0.15) is 0 Å². The van der Waals surface area contributed by atoms with Gasteiger partial charge in [0.05, 0.1) is 0 Å². The van der Waals surface area contributed by atoms with E-state index in [1.165, 1.54) is 0 Å². The van der Waals surface area contributed by atoms with Crippen molar-refractivity contribution in [1.82, 2.24) is 0 Å². The first-order chi connectivity index (χ1) is 5.65. The van der Waals surface area contributed by atoms with Crippen LogP contribution in [0.5, 0.6) is 0 Å². The average Bonchev–Trinajstić information content (AvgIpc) is 2.03. The van der Waals surface area contributed by atoms with Crippen molar-refractivity contribution in [2.24, 2.45) is 11.8 Å². The highest BCUT2D eigenvalue weighted by Crippen LogP contribution is 2.27. The van der Waals surface area contributed by atoms with Crippen molar-refractivity contribution in [3.8, 4) is 0 Å². The fourth-order valence-electron chi connectivity index (χ4n) is 1.70. The molecule has 0 heterocycles. The van der Waals surface area contributed by atoms with E-state index in [1.807, 2.05) is 6.92 Å². The molecule has 1 aliphatic carbocycles. The number of aliphatic carboxylic acids is 1. The van der Waals surface area contributed by atoms with Crippen LogP contribution < -0.4 is 0 Å². The minimum atomic E-state index is -0.949. The molecule has 1 fully saturated rings. The number of carbonyl (C=O) groups is 2. The number of carbonyl (C=O) groups excluding carboxylic acids is 1. The van der Waals surface area contributed by atoms with Crippen molar-refractivity contribution < 1.29 is 14.7 Å². The second-order valence-electron chi connectivity index (χ2n) is 3.41. The molecule has 0 aromatic carbocycles. The molecule has 0 amide bonds. The van der Waals surface area contributed by atoms with Crippen molar-refractivity contribution in [1.29, 1.82) is 0 Å². The first kappa shape index (κ1) is 9.23. The summed E-state index contributed by atoms with van der Waals surface area (Å²) in [5, 5.41) is 8.65. The van der Waals surface area contributed by atoms with Gasteiger partial charge in [0.1, 0.15) is 11.7 Å². The minimum absolute atomic E-state index is 0.0828. The summed E-state index contributed by atoms with van der Waals surface area (Å²) in [7, 11) is 0. The van der Waals surface area contributed by atoms with Gasteiger partial charge in [-0.3, -0.25) is 9.59 Å². The highest BCUT2D eigenvalue weighted by Gasteiger charge is 2.32. The molecule has 12 heavy (non-hydrogen) atoms. The summed E-state index contributed by atoms with van der Waals surface area (Å²) in [6, 6.07) is 0. The zero-order valence-electron chi connectivity index (χ0n) is 7.25. The SMILES string of the molecule is CCC1CCC(C(=O)O)C(=O)C1. The zero-order valence-corrected chi connectivity index (χ0v) is 7.25. The first-order valence-corrected chi connectivity index (χ1v) is 4.40. The molecule has 3 nitrogen and oxygen atoms in total. The Kier molecular flexibility index (Phi) is 2.84. The third-order valence-electron chi connectivity index (χ3n) is 2.62. The normalized spacial score (nSPS) is 30.2. The largest absolute Gasteiger partial charge is 0.481 e. The highest BCUT2D eigenvalue weighted by molar-refractivity contribution is 5.98. The van der Waals surface area contributed by atoms with E-state index in [0.29, 0.717) is 18.8 Å². The molecule has 3 heteroatoms. The predicted octanol–water partition coefficient (Wildman–Crippen LogP) is 1.47. The lowest BCUT2D eigenvalue weighted by Crippen LogP contribution is -2.30. The Labute approximate surface area is 71.8 Å². The molecule has 2 unspecified atom stereocenters. The summed E-state index contributed by atoms with van der Waals surface area (Å²) in [6.45, 7) is 2.04.